The smallest absolute Gasteiger partial charge is 0.246 e. The van der Waals surface area contributed by atoms with Crippen molar-refractivity contribution in [3.63, 3.8) is 0 Å². The van der Waals surface area contributed by atoms with Crippen molar-refractivity contribution >= 4 is 11.8 Å². The fourth-order valence-electron chi connectivity index (χ4n) is 1.50. The van der Waals surface area contributed by atoms with E-state index < -0.39 is 12.1 Å². The average Bonchev–Trinajstić information content (AvgIpc) is 2.86. The van der Waals surface area contributed by atoms with E-state index in [0.29, 0.717) is 17.0 Å². The van der Waals surface area contributed by atoms with E-state index in [4.69, 9.17) is 10.3 Å². The summed E-state index contributed by atoms with van der Waals surface area (Å²) in [5, 5.41) is 13.5. The molecule has 0 radical (unpaired) electrons. The zero-order chi connectivity index (χ0) is 10.8. The summed E-state index contributed by atoms with van der Waals surface area (Å²) in [5.41, 5.74) is 5.70. The van der Waals surface area contributed by atoms with Gasteiger partial charge in [0.1, 0.15) is 6.04 Å². The Morgan fingerprint density at radius 3 is 3.07 bits per heavy atom. The van der Waals surface area contributed by atoms with Gasteiger partial charge in [-0.25, -0.2) is 0 Å². The van der Waals surface area contributed by atoms with Crippen molar-refractivity contribution in [1.29, 1.82) is 0 Å². The van der Waals surface area contributed by atoms with Crippen LogP contribution in [0.5, 0.6) is 0 Å². The standard InChI is InChI=1S/C9H15N3O2S/c1-5(13)7(10)9-11-8(12-14-9)6-3-2-4-15-6/h5-7,13H,2-4,10H2,1H3. The summed E-state index contributed by atoms with van der Waals surface area (Å²) in [6.07, 6.45) is 1.62. The Bertz CT molecular complexity index is 306. The summed E-state index contributed by atoms with van der Waals surface area (Å²) < 4.78 is 5.04. The molecule has 0 saturated carbocycles. The van der Waals surface area contributed by atoms with Crippen molar-refractivity contribution in [1.82, 2.24) is 10.1 Å². The first-order chi connectivity index (χ1) is 7.18. The highest BCUT2D eigenvalue weighted by molar-refractivity contribution is 7.99. The van der Waals surface area contributed by atoms with Crippen molar-refractivity contribution < 1.29 is 9.63 Å². The van der Waals surface area contributed by atoms with Crippen molar-refractivity contribution in [3.8, 4) is 0 Å². The minimum absolute atomic E-state index is 0.326. The van der Waals surface area contributed by atoms with E-state index in [-0.39, 0.29) is 0 Å². The van der Waals surface area contributed by atoms with E-state index in [1.807, 2.05) is 11.8 Å². The highest BCUT2D eigenvalue weighted by atomic mass is 32.2. The Morgan fingerprint density at radius 1 is 1.67 bits per heavy atom. The Kier molecular flexibility index (Phi) is 3.28. The molecular weight excluding hydrogens is 214 g/mol. The van der Waals surface area contributed by atoms with Crippen LogP contribution < -0.4 is 5.73 Å². The first kappa shape index (κ1) is 10.9. The van der Waals surface area contributed by atoms with Gasteiger partial charge in [-0.3, -0.25) is 0 Å². The number of nitrogens with two attached hydrogens (primary N) is 1. The number of hydrogen-bond donors (Lipinski definition) is 2. The van der Waals surface area contributed by atoms with Crippen LogP contribution in [0.15, 0.2) is 4.52 Å². The quantitative estimate of drug-likeness (QED) is 0.805. The number of thioether (sulfide) groups is 1. The Hall–Kier alpha value is -0.590. The summed E-state index contributed by atoms with van der Waals surface area (Å²) in [6.45, 7) is 1.61. The summed E-state index contributed by atoms with van der Waals surface area (Å²) in [5.74, 6) is 2.19. The molecule has 0 bridgehead atoms. The molecule has 84 valence electrons. The maximum atomic E-state index is 9.29. The lowest BCUT2D eigenvalue weighted by Crippen LogP contribution is -2.23. The van der Waals surface area contributed by atoms with Crippen LogP contribution in [0.2, 0.25) is 0 Å². The summed E-state index contributed by atoms with van der Waals surface area (Å²) in [6, 6.07) is -0.586. The SMILES string of the molecule is CC(O)C(N)c1nc(C2CCCS2)no1. The normalized spacial score (nSPS) is 25.4. The van der Waals surface area contributed by atoms with E-state index in [2.05, 4.69) is 10.1 Å². The van der Waals surface area contributed by atoms with E-state index in [1.165, 1.54) is 6.42 Å². The number of aromatic nitrogens is 2. The van der Waals surface area contributed by atoms with Gasteiger partial charge in [0.05, 0.1) is 11.4 Å². The largest absolute Gasteiger partial charge is 0.391 e. The van der Waals surface area contributed by atoms with Crippen LogP contribution in [0.1, 0.15) is 42.8 Å². The molecule has 1 saturated heterocycles. The first-order valence-corrected chi connectivity index (χ1v) is 6.12. The van der Waals surface area contributed by atoms with Gasteiger partial charge in [-0.2, -0.15) is 16.7 Å². The van der Waals surface area contributed by atoms with Gasteiger partial charge >= 0.3 is 0 Å². The van der Waals surface area contributed by atoms with Crippen LogP contribution in [0.4, 0.5) is 0 Å². The van der Waals surface area contributed by atoms with Crippen LogP contribution in [-0.2, 0) is 0 Å². The second-order valence-electron chi connectivity index (χ2n) is 3.76. The van der Waals surface area contributed by atoms with Crippen molar-refractivity contribution in [3.05, 3.63) is 11.7 Å². The molecule has 0 aliphatic carbocycles. The summed E-state index contributed by atoms with van der Waals surface area (Å²) >= 11 is 1.84. The van der Waals surface area contributed by atoms with Gasteiger partial charge in [0.2, 0.25) is 5.89 Å². The second kappa shape index (κ2) is 4.51. The van der Waals surface area contributed by atoms with Gasteiger partial charge in [0, 0.05) is 0 Å². The maximum absolute atomic E-state index is 9.29. The first-order valence-electron chi connectivity index (χ1n) is 5.07. The van der Waals surface area contributed by atoms with Crippen LogP contribution in [-0.4, -0.2) is 27.1 Å². The predicted molar refractivity (Wildman–Crippen MR) is 57.3 cm³/mol. The number of aliphatic hydroxyl groups excluding tert-OH is 1. The molecule has 3 unspecified atom stereocenters. The molecule has 2 rings (SSSR count). The number of hydrogen-bond acceptors (Lipinski definition) is 6. The molecule has 1 aliphatic heterocycles. The molecule has 1 aliphatic rings. The molecule has 1 aromatic heterocycles. The fraction of sp³-hybridized carbons (Fsp3) is 0.778. The molecule has 0 amide bonds. The van der Waals surface area contributed by atoms with Gasteiger partial charge in [-0.15, -0.1) is 0 Å². The molecule has 0 aromatic carbocycles. The van der Waals surface area contributed by atoms with E-state index >= 15 is 0 Å². The zero-order valence-electron chi connectivity index (χ0n) is 8.59. The molecule has 6 heteroatoms. The second-order valence-corrected chi connectivity index (χ2v) is 5.07. The molecule has 1 fully saturated rings. The average molecular weight is 229 g/mol. The molecule has 0 spiro atoms. The van der Waals surface area contributed by atoms with Crippen LogP contribution >= 0.6 is 11.8 Å². The molecule has 5 nitrogen and oxygen atoms in total. The van der Waals surface area contributed by atoms with Crippen LogP contribution in [0.25, 0.3) is 0 Å². The summed E-state index contributed by atoms with van der Waals surface area (Å²) in [4.78, 5) is 4.23. The number of rotatable bonds is 3. The summed E-state index contributed by atoms with van der Waals surface area (Å²) in [7, 11) is 0. The predicted octanol–water partition coefficient (Wildman–Crippen LogP) is 1.02. The third-order valence-corrected chi connectivity index (χ3v) is 3.85. The Balaban J connectivity index is 2.09. The van der Waals surface area contributed by atoms with Crippen LogP contribution in [0, 0.1) is 0 Å². The van der Waals surface area contributed by atoms with Crippen molar-refractivity contribution in [2.45, 2.75) is 37.2 Å². The molecule has 15 heavy (non-hydrogen) atoms. The van der Waals surface area contributed by atoms with Crippen LogP contribution in [0.3, 0.4) is 0 Å². The van der Waals surface area contributed by atoms with Gasteiger partial charge in [-0.05, 0) is 25.5 Å². The zero-order valence-corrected chi connectivity index (χ0v) is 9.41. The van der Waals surface area contributed by atoms with Gasteiger partial charge in [-0.1, -0.05) is 5.16 Å². The third-order valence-electron chi connectivity index (χ3n) is 2.48. The van der Waals surface area contributed by atoms with Gasteiger partial charge < -0.3 is 15.4 Å². The number of aliphatic hydroxyl groups is 1. The van der Waals surface area contributed by atoms with Gasteiger partial charge in [0.25, 0.3) is 0 Å². The molecule has 2 heterocycles. The molecule has 3 atom stereocenters. The third kappa shape index (κ3) is 2.32. The maximum Gasteiger partial charge on any atom is 0.246 e. The Morgan fingerprint density at radius 2 is 2.47 bits per heavy atom. The van der Waals surface area contributed by atoms with E-state index in [0.717, 1.165) is 12.2 Å². The highest BCUT2D eigenvalue weighted by Gasteiger charge is 2.25. The lowest BCUT2D eigenvalue weighted by atomic mass is 10.2. The molecule has 3 N–H and O–H groups in total. The highest BCUT2D eigenvalue weighted by Crippen LogP contribution is 2.38. The minimum atomic E-state index is -0.672. The lowest BCUT2D eigenvalue weighted by molar-refractivity contribution is 0.146. The topological polar surface area (TPSA) is 85.2 Å². The monoisotopic (exact) mass is 229 g/mol. The minimum Gasteiger partial charge on any atom is -0.391 e. The molecular formula is C9H15N3O2S. The van der Waals surface area contributed by atoms with Crippen molar-refractivity contribution in [2.75, 3.05) is 5.75 Å². The lowest BCUT2D eigenvalue weighted by Gasteiger charge is -2.08. The van der Waals surface area contributed by atoms with E-state index in [9.17, 15) is 5.11 Å². The number of nitrogens with zero attached hydrogens (tertiary/aromatic N) is 2. The van der Waals surface area contributed by atoms with Crippen molar-refractivity contribution in [2.24, 2.45) is 5.73 Å². The fourth-order valence-corrected chi connectivity index (χ4v) is 2.70. The van der Waals surface area contributed by atoms with Gasteiger partial charge in [0.15, 0.2) is 5.82 Å². The molecule has 1 aromatic rings. The Labute approximate surface area is 92.4 Å². The van der Waals surface area contributed by atoms with E-state index in [1.54, 1.807) is 6.92 Å².